The van der Waals surface area contributed by atoms with E-state index in [1.807, 2.05) is 0 Å². The van der Waals surface area contributed by atoms with E-state index in [4.69, 9.17) is 0 Å². The Morgan fingerprint density at radius 1 is 0.429 bits per heavy atom. The van der Waals surface area contributed by atoms with Crippen molar-refractivity contribution in [2.45, 2.75) is 25.2 Å². The van der Waals surface area contributed by atoms with E-state index in [1.54, 1.807) is 0 Å². The fourth-order valence-corrected chi connectivity index (χ4v) is 7.42. The van der Waals surface area contributed by atoms with E-state index >= 15 is 0 Å². The lowest BCUT2D eigenvalue weighted by molar-refractivity contribution is 0.576. The Morgan fingerprint density at radius 2 is 0.939 bits per heavy atom. The third-order valence-electron chi connectivity index (χ3n) is 10.0. The van der Waals surface area contributed by atoms with E-state index < -0.39 is 0 Å². The van der Waals surface area contributed by atoms with E-state index in [2.05, 4.69) is 206 Å². The summed E-state index contributed by atoms with van der Waals surface area (Å²) in [5.41, 5.74) is 10.0. The molecule has 2 atom stereocenters. The number of hydrogen-bond acceptors (Lipinski definition) is 1. The second-order valence-electron chi connectivity index (χ2n) is 13.0. The molecular weight excluding hydrogens is 591 g/mol. The standard InChI is InChI=1S/C48H39N/c1-35(47(34-36-14-4-2-5-15-36)46-24-12-18-40-16-8-10-22-44(40)46)37-26-28-38(29-27-37)39-30-32-43(33-31-39)49(42-20-6-3-7-21-42)48-25-13-19-41-17-9-11-23-45(41)48/h2-33,35,47H,34H2,1H3. The minimum Gasteiger partial charge on any atom is -0.310 e. The highest BCUT2D eigenvalue weighted by molar-refractivity contribution is 5.99. The van der Waals surface area contributed by atoms with Crippen LogP contribution in [-0.2, 0) is 6.42 Å². The first-order valence-corrected chi connectivity index (χ1v) is 17.3. The maximum atomic E-state index is 2.39. The zero-order chi connectivity index (χ0) is 33.0. The van der Waals surface area contributed by atoms with Crippen molar-refractivity contribution in [1.29, 1.82) is 0 Å². The molecule has 236 valence electrons. The van der Waals surface area contributed by atoms with Gasteiger partial charge in [0, 0.05) is 16.8 Å². The van der Waals surface area contributed by atoms with Gasteiger partial charge in [-0.1, -0.05) is 171 Å². The van der Waals surface area contributed by atoms with Crippen LogP contribution in [0.3, 0.4) is 0 Å². The van der Waals surface area contributed by atoms with Crippen molar-refractivity contribution >= 4 is 38.6 Å². The second-order valence-corrected chi connectivity index (χ2v) is 13.0. The molecule has 0 amide bonds. The van der Waals surface area contributed by atoms with Gasteiger partial charge in [-0.2, -0.15) is 0 Å². The highest BCUT2D eigenvalue weighted by Crippen LogP contribution is 2.41. The summed E-state index contributed by atoms with van der Waals surface area (Å²) in [6, 6.07) is 70.6. The summed E-state index contributed by atoms with van der Waals surface area (Å²) in [5, 5.41) is 5.12. The molecule has 0 bridgehead atoms. The summed E-state index contributed by atoms with van der Waals surface area (Å²) in [6.07, 6.45) is 0.994. The van der Waals surface area contributed by atoms with Gasteiger partial charge in [-0.05, 0) is 92.6 Å². The third kappa shape index (κ3) is 6.24. The van der Waals surface area contributed by atoms with Gasteiger partial charge in [0.1, 0.15) is 0 Å². The van der Waals surface area contributed by atoms with Gasteiger partial charge in [0.25, 0.3) is 0 Å². The molecule has 0 heterocycles. The Balaban J connectivity index is 1.11. The van der Waals surface area contributed by atoms with Crippen molar-refractivity contribution in [1.82, 2.24) is 0 Å². The molecule has 0 spiro atoms. The van der Waals surface area contributed by atoms with Gasteiger partial charge < -0.3 is 4.90 Å². The first-order valence-electron chi connectivity index (χ1n) is 17.3. The molecular formula is C48H39N. The number of rotatable bonds is 9. The fourth-order valence-electron chi connectivity index (χ4n) is 7.42. The zero-order valence-electron chi connectivity index (χ0n) is 27.8. The number of para-hydroxylation sites is 1. The summed E-state index contributed by atoms with van der Waals surface area (Å²) in [5.74, 6) is 0.680. The molecule has 0 aliphatic carbocycles. The van der Waals surface area contributed by atoms with Gasteiger partial charge in [-0.25, -0.2) is 0 Å². The maximum absolute atomic E-state index is 2.39. The lowest BCUT2D eigenvalue weighted by Gasteiger charge is -2.27. The SMILES string of the molecule is CC(c1ccc(-c2ccc(N(c3ccccc3)c3cccc4ccccc34)cc2)cc1)C(Cc1ccccc1)c1cccc2ccccc12. The molecule has 0 saturated heterocycles. The van der Waals surface area contributed by atoms with Gasteiger partial charge in [-0.15, -0.1) is 0 Å². The highest BCUT2D eigenvalue weighted by atomic mass is 15.1. The van der Waals surface area contributed by atoms with Crippen molar-refractivity contribution in [3.8, 4) is 11.1 Å². The monoisotopic (exact) mass is 629 g/mol. The predicted octanol–water partition coefficient (Wildman–Crippen LogP) is 13.3. The van der Waals surface area contributed by atoms with Crippen molar-refractivity contribution in [2.75, 3.05) is 4.90 Å². The number of nitrogens with zero attached hydrogens (tertiary/aromatic N) is 1. The summed E-state index contributed by atoms with van der Waals surface area (Å²) in [7, 11) is 0. The Hall–Kier alpha value is -5.92. The molecule has 1 heteroatoms. The molecule has 0 radical (unpaired) electrons. The van der Waals surface area contributed by atoms with Crippen LogP contribution in [0.2, 0.25) is 0 Å². The van der Waals surface area contributed by atoms with E-state index in [-0.39, 0.29) is 0 Å². The molecule has 1 nitrogen and oxygen atoms in total. The van der Waals surface area contributed by atoms with Crippen LogP contribution >= 0.6 is 0 Å². The van der Waals surface area contributed by atoms with Crippen molar-refractivity contribution in [3.05, 3.63) is 211 Å². The van der Waals surface area contributed by atoms with Gasteiger partial charge >= 0.3 is 0 Å². The molecule has 8 aromatic carbocycles. The van der Waals surface area contributed by atoms with Crippen LogP contribution in [0.4, 0.5) is 17.1 Å². The van der Waals surface area contributed by atoms with Gasteiger partial charge in [0.2, 0.25) is 0 Å². The first-order chi connectivity index (χ1) is 24.2. The minimum absolute atomic E-state index is 0.336. The average Bonchev–Trinajstić information content (AvgIpc) is 3.18. The van der Waals surface area contributed by atoms with Crippen LogP contribution in [0.15, 0.2) is 194 Å². The Labute approximate surface area is 289 Å². The number of fused-ring (bicyclic) bond motifs is 2. The molecule has 0 fully saturated rings. The van der Waals surface area contributed by atoms with E-state index in [1.165, 1.54) is 55.0 Å². The number of hydrogen-bond donors (Lipinski definition) is 0. The molecule has 0 aliphatic rings. The molecule has 0 aliphatic heterocycles. The number of benzene rings is 8. The fraction of sp³-hybridized carbons (Fsp3) is 0.0833. The summed E-state index contributed by atoms with van der Waals surface area (Å²) in [6.45, 7) is 2.39. The predicted molar refractivity (Wildman–Crippen MR) is 209 cm³/mol. The van der Waals surface area contributed by atoms with Crippen LogP contribution in [0.5, 0.6) is 0 Å². The topological polar surface area (TPSA) is 3.24 Å². The van der Waals surface area contributed by atoms with E-state index in [0.29, 0.717) is 11.8 Å². The van der Waals surface area contributed by atoms with Crippen LogP contribution < -0.4 is 4.90 Å². The Bertz CT molecular complexity index is 2300. The normalized spacial score (nSPS) is 12.5. The van der Waals surface area contributed by atoms with E-state index in [9.17, 15) is 0 Å². The minimum atomic E-state index is 0.336. The molecule has 0 N–H and O–H groups in total. The Kier molecular flexibility index (Phi) is 8.48. The molecule has 49 heavy (non-hydrogen) atoms. The average molecular weight is 630 g/mol. The number of anilines is 3. The van der Waals surface area contributed by atoms with Crippen LogP contribution in [0.1, 0.15) is 35.4 Å². The van der Waals surface area contributed by atoms with Crippen molar-refractivity contribution < 1.29 is 0 Å². The van der Waals surface area contributed by atoms with Crippen LogP contribution in [-0.4, -0.2) is 0 Å². The molecule has 0 aromatic heterocycles. The van der Waals surface area contributed by atoms with Crippen LogP contribution in [0, 0.1) is 0 Å². The lowest BCUT2D eigenvalue weighted by atomic mass is 9.77. The van der Waals surface area contributed by atoms with Crippen molar-refractivity contribution in [2.24, 2.45) is 0 Å². The molecule has 8 aromatic rings. The summed E-state index contributed by atoms with van der Waals surface area (Å²) < 4.78 is 0. The smallest absolute Gasteiger partial charge is 0.0540 e. The Morgan fingerprint density at radius 3 is 1.63 bits per heavy atom. The van der Waals surface area contributed by atoms with Crippen molar-refractivity contribution in [3.63, 3.8) is 0 Å². The van der Waals surface area contributed by atoms with Crippen LogP contribution in [0.25, 0.3) is 32.7 Å². The largest absolute Gasteiger partial charge is 0.310 e. The van der Waals surface area contributed by atoms with Gasteiger partial charge in [0.05, 0.1) is 5.69 Å². The van der Waals surface area contributed by atoms with Gasteiger partial charge in [-0.3, -0.25) is 0 Å². The lowest BCUT2D eigenvalue weighted by Crippen LogP contribution is -2.12. The zero-order valence-corrected chi connectivity index (χ0v) is 27.8. The first kappa shape index (κ1) is 30.4. The third-order valence-corrected chi connectivity index (χ3v) is 10.0. The molecule has 8 rings (SSSR count). The quantitative estimate of drug-likeness (QED) is 0.154. The maximum Gasteiger partial charge on any atom is 0.0540 e. The highest BCUT2D eigenvalue weighted by Gasteiger charge is 2.23. The molecule has 2 unspecified atom stereocenters. The van der Waals surface area contributed by atoms with E-state index in [0.717, 1.165) is 17.8 Å². The summed E-state index contributed by atoms with van der Waals surface area (Å²) in [4.78, 5) is 2.36. The summed E-state index contributed by atoms with van der Waals surface area (Å²) >= 11 is 0. The van der Waals surface area contributed by atoms with Gasteiger partial charge in [0.15, 0.2) is 0 Å². The molecule has 0 saturated carbocycles. The second kappa shape index (κ2) is 13.7.